The Morgan fingerprint density at radius 3 is 2.75 bits per heavy atom. The van der Waals surface area contributed by atoms with Crippen LogP contribution in [0.1, 0.15) is 12.0 Å². The molecular formula is C14H21ClN2O3. The molecule has 1 heterocycles. The average Bonchev–Trinajstić information content (AvgIpc) is 2.46. The number of aliphatic hydroxyl groups is 1. The first-order valence-electron chi connectivity index (χ1n) is 6.54. The van der Waals surface area contributed by atoms with Crippen LogP contribution in [0.2, 0.25) is 0 Å². The van der Waals surface area contributed by atoms with Crippen LogP contribution in [-0.4, -0.2) is 41.8 Å². The summed E-state index contributed by atoms with van der Waals surface area (Å²) in [4.78, 5) is 13.5. The van der Waals surface area contributed by atoms with Gasteiger partial charge < -0.3 is 20.5 Å². The molecule has 1 aromatic carbocycles. The Labute approximate surface area is 125 Å². The van der Waals surface area contributed by atoms with Crippen molar-refractivity contribution in [3.05, 3.63) is 35.9 Å². The molecule has 1 fully saturated rings. The number of rotatable bonds is 3. The molecule has 1 amide bonds. The number of carbonyl (C=O) groups is 1. The second kappa shape index (κ2) is 8.09. The Morgan fingerprint density at radius 2 is 2.10 bits per heavy atom. The normalized spacial score (nSPS) is 22.0. The molecule has 2 rings (SSSR count). The first-order chi connectivity index (χ1) is 9.20. The molecule has 20 heavy (non-hydrogen) atoms. The Hall–Kier alpha value is -1.30. The third-order valence-corrected chi connectivity index (χ3v) is 3.46. The van der Waals surface area contributed by atoms with E-state index in [4.69, 9.17) is 10.5 Å². The van der Waals surface area contributed by atoms with Gasteiger partial charge >= 0.3 is 6.09 Å². The molecule has 5 nitrogen and oxygen atoms in total. The van der Waals surface area contributed by atoms with E-state index in [1.165, 1.54) is 0 Å². The molecule has 0 bridgehead atoms. The first kappa shape index (κ1) is 16.8. The molecule has 2 unspecified atom stereocenters. The van der Waals surface area contributed by atoms with Crippen molar-refractivity contribution < 1.29 is 14.6 Å². The van der Waals surface area contributed by atoms with Crippen molar-refractivity contribution in [2.75, 3.05) is 19.6 Å². The van der Waals surface area contributed by atoms with E-state index >= 15 is 0 Å². The van der Waals surface area contributed by atoms with Gasteiger partial charge in [-0.3, -0.25) is 0 Å². The van der Waals surface area contributed by atoms with E-state index in [0.29, 0.717) is 26.1 Å². The zero-order chi connectivity index (χ0) is 13.7. The zero-order valence-electron chi connectivity index (χ0n) is 11.3. The number of nitrogens with two attached hydrogens (primary N) is 1. The summed E-state index contributed by atoms with van der Waals surface area (Å²) in [6, 6.07) is 9.56. The molecule has 1 saturated heterocycles. The van der Waals surface area contributed by atoms with Crippen LogP contribution >= 0.6 is 12.4 Å². The highest BCUT2D eigenvalue weighted by Gasteiger charge is 2.29. The predicted octanol–water partition coefficient (Wildman–Crippen LogP) is 1.39. The number of aliphatic hydroxyl groups excluding tert-OH is 1. The molecule has 0 saturated carbocycles. The third-order valence-electron chi connectivity index (χ3n) is 3.46. The van der Waals surface area contributed by atoms with Gasteiger partial charge in [0, 0.05) is 19.0 Å². The number of benzene rings is 1. The van der Waals surface area contributed by atoms with Crippen molar-refractivity contribution in [3.63, 3.8) is 0 Å². The number of nitrogens with zero attached hydrogens (tertiary/aromatic N) is 1. The van der Waals surface area contributed by atoms with Crippen LogP contribution in [0.5, 0.6) is 0 Å². The van der Waals surface area contributed by atoms with Gasteiger partial charge in [0.2, 0.25) is 0 Å². The molecule has 0 radical (unpaired) electrons. The van der Waals surface area contributed by atoms with Crippen LogP contribution in [0.15, 0.2) is 30.3 Å². The van der Waals surface area contributed by atoms with E-state index in [0.717, 1.165) is 5.56 Å². The van der Waals surface area contributed by atoms with Gasteiger partial charge in [0.15, 0.2) is 0 Å². The number of piperidine rings is 1. The molecule has 6 heteroatoms. The number of hydrogen-bond donors (Lipinski definition) is 2. The molecule has 1 aliphatic rings. The van der Waals surface area contributed by atoms with E-state index in [-0.39, 0.29) is 31.0 Å². The average molecular weight is 301 g/mol. The highest BCUT2D eigenvalue weighted by Crippen LogP contribution is 2.17. The van der Waals surface area contributed by atoms with Gasteiger partial charge in [0.1, 0.15) is 6.61 Å². The van der Waals surface area contributed by atoms with Crippen molar-refractivity contribution in [2.45, 2.75) is 19.1 Å². The number of ether oxygens (including phenoxy) is 1. The standard InChI is InChI=1S/C14H20N2O3.ClH/c15-8-12-9-16(7-6-13(12)17)14(18)19-10-11-4-2-1-3-5-11;/h1-5,12-13,17H,6-10,15H2;1H. The fourth-order valence-electron chi connectivity index (χ4n) is 2.23. The van der Waals surface area contributed by atoms with Crippen LogP contribution in [0.3, 0.4) is 0 Å². The topological polar surface area (TPSA) is 75.8 Å². The van der Waals surface area contributed by atoms with E-state index < -0.39 is 6.10 Å². The van der Waals surface area contributed by atoms with Crippen molar-refractivity contribution in [3.8, 4) is 0 Å². The summed E-state index contributed by atoms with van der Waals surface area (Å²) in [6.07, 6.45) is -0.195. The lowest BCUT2D eigenvalue weighted by atomic mass is 9.95. The molecular weight excluding hydrogens is 280 g/mol. The third kappa shape index (κ3) is 4.37. The van der Waals surface area contributed by atoms with Gasteiger partial charge in [0.25, 0.3) is 0 Å². The van der Waals surface area contributed by atoms with Gasteiger partial charge in [-0.05, 0) is 18.5 Å². The monoisotopic (exact) mass is 300 g/mol. The van der Waals surface area contributed by atoms with Crippen molar-refractivity contribution in [1.82, 2.24) is 4.90 Å². The highest BCUT2D eigenvalue weighted by atomic mass is 35.5. The maximum Gasteiger partial charge on any atom is 0.410 e. The fraction of sp³-hybridized carbons (Fsp3) is 0.500. The second-order valence-electron chi connectivity index (χ2n) is 4.84. The van der Waals surface area contributed by atoms with E-state index in [1.54, 1.807) is 4.90 Å². The van der Waals surface area contributed by atoms with E-state index in [1.807, 2.05) is 30.3 Å². The molecule has 1 aromatic rings. The minimum atomic E-state index is -0.414. The predicted molar refractivity (Wildman–Crippen MR) is 78.6 cm³/mol. The van der Waals surface area contributed by atoms with Crippen LogP contribution in [0.25, 0.3) is 0 Å². The maximum absolute atomic E-state index is 11.9. The number of carbonyl (C=O) groups excluding carboxylic acids is 1. The van der Waals surface area contributed by atoms with Gasteiger partial charge in [-0.1, -0.05) is 30.3 Å². The van der Waals surface area contributed by atoms with Gasteiger partial charge in [-0.25, -0.2) is 4.79 Å². The van der Waals surface area contributed by atoms with Gasteiger partial charge in [0.05, 0.1) is 6.10 Å². The smallest absolute Gasteiger partial charge is 0.410 e. The van der Waals surface area contributed by atoms with E-state index in [9.17, 15) is 9.90 Å². The lowest BCUT2D eigenvalue weighted by Crippen LogP contribution is -2.48. The summed E-state index contributed by atoms with van der Waals surface area (Å²) < 4.78 is 5.26. The van der Waals surface area contributed by atoms with Crippen LogP contribution in [-0.2, 0) is 11.3 Å². The molecule has 2 atom stereocenters. The number of halogens is 1. The number of likely N-dealkylation sites (tertiary alicyclic amines) is 1. The summed E-state index contributed by atoms with van der Waals surface area (Å²) in [7, 11) is 0. The zero-order valence-corrected chi connectivity index (χ0v) is 12.1. The fourth-order valence-corrected chi connectivity index (χ4v) is 2.23. The van der Waals surface area contributed by atoms with Crippen LogP contribution in [0.4, 0.5) is 4.79 Å². The first-order valence-corrected chi connectivity index (χ1v) is 6.54. The molecule has 0 aromatic heterocycles. The Morgan fingerprint density at radius 1 is 1.40 bits per heavy atom. The summed E-state index contributed by atoms with van der Waals surface area (Å²) in [6.45, 7) is 1.63. The Kier molecular flexibility index (Phi) is 6.78. The SMILES string of the molecule is Cl.NCC1CN(C(=O)OCc2ccccc2)CCC1O. The Bertz CT molecular complexity index is 416. The van der Waals surface area contributed by atoms with Crippen LogP contribution in [0, 0.1) is 5.92 Å². The van der Waals surface area contributed by atoms with Crippen molar-refractivity contribution >= 4 is 18.5 Å². The van der Waals surface area contributed by atoms with Crippen molar-refractivity contribution in [1.29, 1.82) is 0 Å². The minimum absolute atomic E-state index is 0. The molecule has 3 N–H and O–H groups in total. The quantitative estimate of drug-likeness (QED) is 0.884. The molecule has 112 valence electrons. The second-order valence-corrected chi connectivity index (χ2v) is 4.84. The lowest BCUT2D eigenvalue weighted by molar-refractivity contribution is 0.0217. The molecule has 1 aliphatic heterocycles. The van der Waals surface area contributed by atoms with Gasteiger partial charge in [-0.15, -0.1) is 12.4 Å². The largest absolute Gasteiger partial charge is 0.445 e. The van der Waals surface area contributed by atoms with Crippen molar-refractivity contribution in [2.24, 2.45) is 11.7 Å². The molecule has 0 aliphatic carbocycles. The lowest BCUT2D eigenvalue weighted by Gasteiger charge is -2.34. The summed E-state index contributed by atoms with van der Waals surface area (Å²) in [5.41, 5.74) is 6.54. The molecule has 0 spiro atoms. The maximum atomic E-state index is 11.9. The minimum Gasteiger partial charge on any atom is -0.445 e. The highest BCUT2D eigenvalue weighted by molar-refractivity contribution is 5.85. The van der Waals surface area contributed by atoms with Crippen LogP contribution < -0.4 is 5.73 Å². The number of amides is 1. The van der Waals surface area contributed by atoms with Gasteiger partial charge in [-0.2, -0.15) is 0 Å². The summed E-state index contributed by atoms with van der Waals surface area (Å²) >= 11 is 0. The summed E-state index contributed by atoms with van der Waals surface area (Å²) in [5.74, 6) is -0.0574. The number of hydrogen-bond acceptors (Lipinski definition) is 4. The summed E-state index contributed by atoms with van der Waals surface area (Å²) in [5, 5.41) is 9.72. The Balaban J connectivity index is 0.00000200. The van der Waals surface area contributed by atoms with E-state index in [2.05, 4.69) is 0 Å².